The summed E-state index contributed by atoms with van der Waals surface area (Å²) in [5.41, 5.74) is 19.1. The van der Waals surface area contributed by atoms with Crippen molar-refractivity contribution in [2.75, 3.05) is 88.1 Å². The molecule has 0 spiro atoms. The number of nitrogens with one attached hydrogen (secondary N) is 6. The first-order chi connectivity index (χ1) is 61.5. The number of morpholine rings is 1. The molecule has 0 saturated carbocycles. The third-order valence-corrected chi connectivity index (χ3v) is 22.2. The number of rotatable bonds is 23. The molecular weight excluding hydrogens is 1590 g/mol. The molecule has 0 aliphatic carbocycles. The van der Waals surface area contributed by atoms with E-state index in [0.717, 1.165) is 201 Å². The lowest BCUT2D eigenvalue weighted by atomic mass is 9.95. The van der Waals surface area contributed by atoms with Gasteiger partial charge in [-0.15, -0.1) is 0 Å². The first kappa shape index (κ1) is 84.1. The van der Waals surface area contributed by atoms with E-state index in [1.807, 2.05) is 216 Å². The van der Waals surface area contributed by atoms with E-state index in [2.05, 4.69) is 141 Å². The van der Waals surface area contributed by atoms with Crippen LogP contribution in [0.4, 0.5) is 17.5 Å². The molecule has 0 amide bonds. The van der Waals surface area contributed by atoms with Crippen LogP contribution in [0.3, 0.4) is 0 Å². The maximum Gasteiger partial charge on any atom is 0.225 e. The molecule has 4 saturated heterocycles. The van der Waals surface area contributed by atoms with Gasteiger partial charge in [-0.2, -0.15) is 45.8 Å². The number of β-amino-alcohol motifs (C(OH)–C–C–N with tert-alkyl or cyclic N) is 1. The molecule has 34 nitrogen and oxygen atoms in total. The van der Waals surface area contributed by atoms with E-state index < -0.39 is 0 Å². The van der Waals surface area contributed by atoms with Gasteiger partial charge in [-0.05, 0) is 103 Å². The van der Waals surface area contributed by atoms with Crippen LogP contribution in [-0.2, 0) is 65.9 Å². The Morgan fingerprint density at radius 2 is 0.778 bits per heavy atom. The van der Waals surface area contributed by atoms with E-state index in [1.165, 1.54) is 0 Å². The van der Waals surface area contributed by atoms with Gasteiger partial charge in [-0.25, -0.2) is 34.9 Å². The van der Waals surface area contributed by atoms with Crippen LogP contribution in [-0.4, -0.2) is 220 Å². The van der Waals surface area contributed by atoms with Gasteiger partial charge < -0.3 is 51.2 Å². The summed E-state index contributed by atoms with van der Waals surface area (Å²) in [5, 5.41) is 65.9. The zero-order valence-corrected chi connectivity index (χ0v) is 71.7. The highest BCUT2D eigenvalue weighted by atomic mass is 16.5. The Labute approximate surface area is 729 Å². The molecule has 4 aromatic carbocycles. The smallest absolute Gasteiger partial charge is 0.225 e. The minimum absolute atomic E-state index is 0.0904. The molecule has 34 heteroatoms. The maximum absolute atomic E-state index is 10.4. The van der Waals surface area contributed by atoms with Crippen molar-refractivity contribution in [1.82, 2.24) is 134 Å². The fourth-order valence-corrected chi connectivity index (χ4v) is 15.4. The number of anilines is 3. The second kappa shape index (κ2) is 39.1. The molecule has 7 N–H and O–H groups in total. The lowest BCUT2D eigenvalue weighted by Crippen LogP contribution is -2.43. The summed E-state index contributed by atoms with van der Waals surface area (Å²) in [6, 6.07) is 39.0. The van der Waals surface area contributed by atoms with Gasteiger partial charge in [-0.3, -0.25) is 37.5 Å². The number of aliphatic hydroxyl groups is 1. The zero-order valence-electron chi connectivity index (χ0n) is 71.7. The summed E-state index contributed by atoms with van der Waals surface area (Å²) in [5.74, 6) is 5.57. The van der Waals surface area contributed by atoms with E-state index in [0.29, 0.717) is 61.5 Å². The number of aliphatic hydroxyl groups excluding tert-OH is 1. The van der Waals surface area contributed by atoms with Crippen molar-refractivity contribution in [3.8, 4) is 141 Å². The normalized spacial score (nSPS) is 16.7. The largest absolute Gasteiger partial charge is 0.474 e. The summed E-state index contributed by atoms with van der Waals surface area (Å²) in [7, 11) is 15.2. The highest BCUT2D eigenvalue weighted by molar-refractivity contribution is 5.80. The molecule has 16 aromatic rings. The predicted octanol–water partition coefficient (Wildman–Crippen LogP) is 10.9. The van der Waals surface area contributed by atoms with Gasteiger partial charge in [0, 0.05) is 239 Å². The Bertz CT molecular complexity index is 6330. The molecule has 16 heterocycles. The number of piperidine rings is 1. The maximum atomic E-state index is 10.4. The second-order valence-electron chi connectivity index (χ2n) is 31.8. The average Bonchev–Trinajstić information content (AvgIpc) is 1.42. The number of ether oxygens (including phenoxy) is 3. The van der Waals surface area contributed by atoms with Crippen LogP contribution in [0.5, 0.6) is 5.88 Å². The Hall–Kier alpha value is -14.2. The summed E-state index contributed by atoms with van der Waals surface area (Å²) in [6.07, 6.45) is 36.1. The fraction of sp³-hybridized carbons (Fsp3) is 0.304. The lowest BCUT2D eigenvalue weighted by Gasteiger charge is -2.28. The van der Waals surface area contributed by atoms with Crippen molar-refractivity contribution in [1.29, 1.82) is 0 Å². The van der Waals surface area contributed by atoms with Gasteiger partial charge in [-0.1, -0.05) is 72.8 Å². The first-order valence-corrected chi connectivity index (χ1v) is 42.3. The van der Waals surface area contributed by atoms with Crippen LogP contribution in [0.2, 0.25) is 0 Å². The van der Waals surface area contributed by atoms with Crippen LogP contribution < -0.4 is 36.6 Å². The first-order valence-electron chi connectivity index (χ1n) is 42.3. The highest BCUT2D eigenvalue weighted by Crippen LogP contribution is 2.37. The van der Waals surface area contributed by atoms with E-state index in [9.17, 15) is 5.11 Å². The van der Waals surface area contributed by atoms with Gasteiger partial charge in [0.25, 0.3) is 0 Å². The highest BCUT2D eigenvalue weighted by Gasteiger charge is 2.27. The molecule has 4 fully saturated rings. The molecule has 5 atom stereocenters. The van der Waals surface area contributed by atoms with Crippen molar-refractivity contribution < 1.29 is 19.3 Å². The molecule has 644 valence electrons. The SMILES string of the molecule is Cn1cc(-c2cccc(-c3ncc(-c4ccn(C)n4)c(NCC4CNCCO4)n3)c2)cn1.Cn1cc(-c2cccc(-c3ncc(-c4ccn(C)n4)c(NC[C@H]4CCNC[C@H]4O)n3)c2)cn1.Cn1cc(-c2cccc(-c3ncc(-c4ccn(C)n4)c(N[C@H]4CCNC4)n3)c2)cn1.Cn1cc(-c2cccc(-c3ncc(-c4cnn(C)c4)c(OCC4CCCO4)n3)c2)cn1. The van der Waals surface area contributed by atoms with Crippen LogP contribution in [0.25, 0.3) is 135 Å². The molecule has 2 unspecified atom stereocenters. The average molecular weight is 1690 g/mol. The monoisotopic (exact) mass is 1690 g/mol. The lowest BCUT2D eigenvalue weighted by molar-refractivity contribution is 0.0372. The number of hydrogen-bond acceptors (Lipinski definition) is 26. The van der Waals surface area contributed by atoms with Gasteiger partial charge in [0.05, 0.1) is 95.2 Å². The number of benzene rings is 4. The van der Waals surface area contributed by atoms with Crippen LogP contribution >= 0.6 is 0 Å². The topological polar surface area (TPSA) is 366 Å². The van der Waals surface area contributed by atoms with E-state index in [1.54, 1.807) is 49.8 Å². The molecule has 126 heavy (non-hydrogen) atoms. The number of hydrogen-bond donors (Lipinski definition) is 7. The Morgan fingerprint density at radius 3 is 1.17 bits per heavy atom. The summed E-state index contributed by atoms with van der Waals surface area (Å²) < 4.78 is 32.0. The molecule has 20 rings (SSSR count). The molecule has 0 radical (unpaired) electrons. The van der Waals surface area contributed by atoms with Crippen molar-refractivity contribution >= 4 is 17.5 Å². The minimum Gasteiger partial charge on any atom is -0.474 e. The fourth-order valence-electron chi connectivity index (χ4n) is 15.4. The summed E-state index contributed by atoms with van der Waals surface area (Å²) >= 11 is 0. The third-order valence-electron chi connectivity index (χ3n) is 22.2. The number of nitrogens with zero attached hydrogens (tertiary/aromatic N) is 24. The Morgan fingerprint density at radius 1 is 0.381 bits per heavy atom. The van der Waals surface area contributed by atoms with Crippen LogP contribution in [0.1, 0.15) is 25.7 Å². The van der Waals surface area contributed by atoms with E-state index >= 15 is 0 Å². The predicted molar refractivity (Wildman–Crippen MR) is 483 cm³/mol. The number of aryl methyl sites for hydroxylation is 8. The van der Waals surface area contributed by atoms with Crippen molar-refractivity contribution in [2.24, 2.45) is 62.3 Å². The second-order valence-corrected chi connectivity index (χ2v) is 31.8. The van der Waals surface area contributed by atoms with Crippen molar-refractivity contribution in [3.05, 3.63) is 221 Å². The Balaban J connectivity index is 0.000000119. The van der Waals surface area contributed by atoms with Gasteiger partial charge in [0.15, 0.2) is 23.3 Å². The Kier molecular flexibility index (Phi) is 26.1. The molecular formula is C92H102N30O4. The minimum atomic E-state index is -0.373. The molecule has 0 bridgehead atoms. The van der Waals surface area contributed by atoms with Gasteiger partial charge in [0.2, 0.25) is 5.88 Å². The zero-order chi connectivity index (χ0) is 86.4. The van der Waals surface area contributed by atoms with Crippen LogP contribution in [0, 0.1) is 5.92 Å². The standard InChI is InChI=1S/C24H28N8O.C23H26N8O.C23H24N6O2.C22H24N8/c1-31-9-7-21(30-31)20-13-27-23(29-24(20)26-11-18-6-8-25-14-22(18)33)17-5-3-4-16(10-17)19-12-28-32(2)15-19;1-30-8-6-21(29-30)20-14-26-22(28-23(20)25-13-19-12-24-7-9-32-19)17-5-3-4-16(10-17)18-11-27-31(2)15-18;1-28-13-18(10-25-28)16-5-3-6-17(9-16)22-24-12-21(19-11-26-29(2)14-19)23(27-22)31-15-20-7-4-8-30-20;1-29-9-7-20(28-29)19-13-24-21(27-22(19)26-18-6-8-23-12-18)16-5-3-4-15(10-16)17-11-25-30(2)14-17/h3-5,7,9-10,12-13,15,18,22,25,33H,6,8,11,14H2,1-2H3,(H,26,27,29);3-6,8,10-11,14-15,19,24H,7,9,12-13H2,1-2H3,(H,25,26,28);3,5-6,9-14,20H,4,7-8,15H2,1-2H3;3-5,7,9-11,13-14,18,23H,6,8,12H2,1-2H3,(H,24,26,27)/t18-,22-;;;18-/m1..0/s1. The van der Waals surface area contributed by atoms with Crippen molar-refractivity contribution in [3.63, 3.8) is 0 Å². The summed E-state index contributed by atoms with van der Waals surface area (Å²) in [4.78, 5) is 38.1. The quantitative estimate of drug-likeness (QED) is 0.0313. The van der Waals surface area contributed by atoms with Crippen LogP contribution in [0.15, 0.2) is 221 Å². The summed E-state index contributed by atoms with van der Waals surface area (Å²) in [6.45, 7) is 8.45. The van der Waals surface area contributed by atoms with Gasteiger partial charge in [0.1, 0.15) is 24.1 Å². The number of aromatic nitrogens is 24. The molecule has 12 aromatic heterocycles. The van der Waals surface area contributed by atoms with E-state index in [4.69, 9.17) is 34.1 Å². The van der Waals surface area contributed by atoms with E-state index in [-0.39, 0.29) is 24.2 Å². The van der Waals surface area contributed by atoms with Gasteiger partial charge >= 0.3 is 0 Å². The molecule has 4 aliphatic rings. The molecule has 4 aliphatic heterocycles. The third kappa shape index (κ3) is 20.8. The van der Waals surface area contributed by atoms with Crippen molar-refractivity contribution in [2.45, 2.75) is 50.0 Å².